The molecule has 138 valence electrons. The van der Waals surface area contributed by atoms with E-state index in [1.54, 1.807) is 32.2 Å². The van der Waals surface area contributed by atoms with Gasteiger partial charge in [0.1, 0.15) is 5.75 Å². The summed E-state index contributed by atoms with van der Waals surface area (Å²) in [6.07, 6.45) is 2.68. The number of carbonyl (C=O) groups is 1. The van der Waals surface area contributed by atoms with E-state index in [-0.39, 0.29) is 11.8 Å². The summed E-state index contributed by atoms with van der Waals surface area (Å²) in [5, 5.41) is 2.78. The lowest BCUT2D eigenvalue weighted by molar-refractivity contribution is -0.125. The topological polar surface area (TPSA) is 75.7 Å². The molecular formula is C18H26N2O4S. The van der Waals surface area contributed by atoms with Crippen molar-refractivity contribution in [2.75, 3.05) is 26.7 Å². The van der Waals surface area contributed by atoms with Gasteiger partial charge in [0.15, 0.2) is 0 Å². The second-order valence-corrected chi connectivity index (χ2v) is 8.21. The molecular weight excluding hydrogens is 340 g/mol. The Balaban J connectivity index is 2.13. The third-order valence-corrected chi connectivity index (χ3v) is 6.60. The van der Waals surface area contributed by atoms with Crippen LogP contribution in [-0.4, -0.2) is 45.4 Å². The molecule has 25 heavy (non-hydrogen) atoms. The summed E-state index contributed by atoms with van der Waals surface area (Å²) < 4.78 is 32.7. The summed E-state index contributed by atoms with van der Waals surface area (Å²) in [4.78, 5) is 12.3. The smallest absolute Gasteiger partial charge is 0.243 e. The zero-order chi connectivity index (χ0) is 18.6. The third-order valence-electron chi connectivity index (χ3n) is 4.56. The Morgan fingerprint density at radius 2 is 1.96 bits per heavy atom. The van der Waals surface area contributed by atoms with Crippen LogP contribution in [0.1, 0.15) is 24.0 Å². The van der Waals surface area contributed by atoms with Gasteiger partial charge in [-0.05, 0) is 49.9 Å². The number of sulfonamides is 1. The largest absolute Gasteiger partial charge is 0.496 e. The number of nitrogens with one attached hydrogen (secondary N) is 1. The van der Waals surface area contributed by atoms with E-state index in [2.05, 4.69) is 11.9 Å². The number of amides is 1. The fourth-order valence-electron chi connectivity index (χ4n) is 3.08. The second kappa shape index (κ2) is 8.01. The summed E-state index contributed by atoms with van der Waals surface area (Å²) in [5.41, 5.74) is 1.44. The molecule has 0 spiro atoms. The van der Waals surface area contributed by atoms with E-state index in [0.717, 1.165) is 5.56 Å². The number of hydrogen-bond donors (Lipinski definition) is 1. The Morgan fingerprint density at radius 1 is 1.32 bits per heavy atom. The molecule has 1 fully saturated rings. The monoisotopic (exact) mass is 366 g/mol. The van der Waals surface area contributed by atoms with E-state index in [1.807, 2.05) is 6.92 Å². The predicted molar refractivity (Wildman–Crippen MR) is 97.2 cm³/mol. The van der Waals surface area contributed by atoms with E-state index < -0.39 is 10.0 Å². The van der Waals surface area contributed by atoms with E-state index in [1.165, 1.54) is 4.31 Å². The number of aryl methyl sites for hydroxylation is 2. The number of hydrogen-bond acceptors (Lipinski definition) is 4. The molecule has 6 nitrogen and oxygen atoms in total. The number of methoxy groups -OCH3 is 1. The SMILES string of the molecule is C=CCNC(=O)C1CCN(S(=O)(=O)c2cc(C)c(OC)cc2C)CC1. The Labute approximate surface area is 149 Å². The minimum absolute atomic E-state index is 0.0339. The first-order chi connectivity index (χ1) is 11.8. The first-order valence-electron chi connectivity index (χ1n) is 8.35. The molecule has 0 aliphatic carbocycles. The highest BCUT2D eigenvalue weighted by Crippen LogP contribution is 2.30. The highest BCUT2D eigenvalue weighted by molar-refractivity contribution is 7.89. The molecule has 7 heteroatoms. The molecule has 0 atom stereocenters. The highest BCUT2D eigenvalue weighted by Gasteiger charge is 2.33. The first kappa shape index (κ1) is 19.5. The molecule has 0 radical (unpaired) electrons. The molecule has 2 rings (SSSR count). The molecule has 1 aliphatic rings. The third kappa shape index (κ3) is 4.22. The number of rotatable bonds is 6. The van der Waals surface area contributed by atoms with Crippen molar-refractivity contribution in [3.05, 3.63) is 35.9 Å². The molecule has 1 saturated heterocycles. The van der Waals surface area contributed by atoms with Crippen molar-refractivity contribution in [3.63, 3.8) is 0 Å². The van der Waals surface area contributed by atoms with Gasteiger partial charge in [-0.25, -0.2) is 8.42 Å². The molecule has 1 aromatic rings. The summed E-state index contributed by atoms with van der Waals surface area (Å²) in [6.45, 7) is 8.29. The van der Waals surface area contributed by atoms with Crippen LogP contribution in [0.4, 0.5) is 0 Å². The molecule has 0 aromatic heterocycles. The van der Waals surface area contributed by atoms with Crippen molar-refractivity contribution in [2.24, 2.45) is 5.92 Å². The lowest BCUT2D eigenvalue weighted by Gasteiger charge is -2.31. The van der Waals surface area contributed by atoms with E-state index in [0.29, 0.717) is 48.7 Å². The molecule has 0 saturated carbocycles. The average Bonchev–Trinajstić information content (AvgIpc) is 2.61. The summed E-state index contributed by atoms with van der Waals surface area (Å²) >= 11 is 0. The summed E-state index contributed by atoms with van der Waals surface area (Å²) in [5.74, 6) is 0.493. The van der Waals surface area contributed by atoms with Crippen molar-refractivity contribution in [2.45, 2.75) is 31.6 Å². The highest BCUT2D eigenvalue weighted by atomic mass is 32.2. The van der Waals surface area contributed by atoms with Gasteiger partial charge >= 0.3 is 0 Å². The predicted octanol–water partition coefficient (Wildman–Crippen LogP) is 2.01. The van der Waals surface area contributed by atoms with Gasteiger partial charge in [-0.3, -0.25) is 4.79 Å². The minimum atomic E-state index is -3.58. The van der Waals surface area contributed by atoms with Gasteiger partial charge in [0.2, 0.25) is 15.9 Å². The van der Waals surface area contributed by atoms with Crippen LogP contribution in [0.3, 0.4) is 0 Å². The van der Waals surface area contributed by atoms with Crippen LogP contribution in [-0.2, 0) is 14.8 Å². The van der Waals surface area contributed by atoms with E-state index in [9.17, 15) is 13.2 Å². The average molecular weight is 366 g/mol. The fourth-order valence-corrected chi connectivity index (χ4v) is 4.84. The molecule has 1 aromatic carbocycles. The van der Waals surface area contributed by atoms with Crippen molar-refractivity contribution in [1.82, 2.24) is 9.62 Å². The molecule has 1 heterocycles. The van der Waals surface area contributed by atoms with Crippen LogP contribution in [0.5, 0.6) is 5.75 Å². The van der Waals surface area contributed by atoms with Crippen LogP contribution in [0, 0.1) is 19.8 Å². The quantitative estimate of drug-likeness (QED) is 0.782. The van der Waals surface area contributed by atoms with Crippen LogP contribution in [0.15, 0.2) is 29.7 Å². The standard InChI is InChI=1S/C18H26N2O4S/c1-5-8-19-18(21)15-6-9-20(10-7-15)25(22,23)17-12-13(2)16(24-4)11-14(17)3/h5,11-12,15H,1,6-10H2,2-4H3,(H,19,21). The molecule has 0 unspecified atom stereocenters. The number of nitrogens with zero attached hydrogens (tertiary/aromatic N) is 1. The molecule has 1 amide bonds. The van der Waals surface area contributed by atoms with E-state index in [4.69, 9.17) is 4.74 Å². The summed E-state index contributed by atoms with van der Waals surface area (Å²) in [6, 6.07) is 3.41. The normalized spacial score (nSPS) is 16.4. The maximum absolute atomic E-state index is 13.0. The Hall–Kier alpha value is -1.86. The fraction of sp³-hybridized carbons (Fsp3) is 0.500. The zero-order valence-electron chi connectivity index (χ0n) is 15.0. The minimum Gasteiger partial charge on any atom is -0.496 e. The van der Waals surface area contributed by atoms with E-state index >= 15 is 0 Å². The number of benzene rings is 1. The van der Waals surface area contributed by atoms with Gasteiger partial charge in [-0.2, -0.15) is 4.31 Å². The van der Waals surface area contributed by atoms with Crippen molar-refractivity contribution >= 4 is 15.9 Å². The van der Waals surface area contributed by atoms with Crippen molar-refractivity contribution in [3.8, 4) is 5.75 Å². The lowest BCUT2D eigenvalue weighted by atomic mass is 9.97. The van der Waals surface area contributed by atoms with Gasteiger partial charge in [0.25, 0.3) is 0 Å². The van der Waals surface area contributed by atoms with Gasteiger partial charge in [0, 0.05) is 25.6 Å². The number of carbonyl (C=O) groups excluding carboxylic acids is 1. The van der Waals surface area contributed by atoms with Crippen LogP contribution >= 0.6 is 0 Å². The zero-order valence-corrected chi connectivity index (χ0v) is 15.9. The maximum atomic E-state index is 13.0. The number of piperidine rings is 1. The van der Waals surface area contributed by atoms with Gasteiger partial charge in [-0.1, -0.05) is 6.08 Å². The van der Waals surface area contributed by atoms with Crippen LogP contribution in [0.25, 0.3) is 0 Å². The van der Waals surface area contributed by atoms with Crippen molar-refractivity contribution in [1.29, 1.82) is 0 Å². The number of ether oxygens (including phenoxy) is 1. The van der Waals surface area contributed by atoms with Crippen LogP contribution in [0.2, 0.25) is 0 Å². The molecule has 0 bridgehead atoms. The first-order valence-corrected chi connectivity index (χ1v) is 9.79. The Kier molecular flexibility index (Phi) is 6.24. The Morgan fingerprint density at radius 3 is 2.52 bits per heavy atom. The van der Waals surface area contributed by atoms with Crippen molar-refractivity contribution < 1.29 is 17.9 Å². The second-order valence-electron chi connectivity index (χ2n) is 6.30. The summed E-state index contributed by atoms with van der Waals surface area (Å²) in [7, 11) is -2.01. The van der Waals surface area contributed by atoms with Crippen LogP contribution < -0.4 is 10.1 Å². The maximum Gasteiger partial charge on any atom is 0.243 e. The molecule has 1 N–H and O–H groups in total. The van der Waals surface area contributed by atoms with Gasteiger partial charge in [0.05, 0.1) is 12.0 Å². The molecule has 1 aliphatic heterocycles. The van der Waals surface area contributed by atoms with Gasteiger partial charge < -0.3 is 10.1 Å². The Bertz CT molecular complexity index is 751. The lowest BCUT2D eigenvalue weighted by Crippen LogP contribution is -2.43. The van der Waals surface area contributed by atoms with Gasteiger partial charge in [-0.15, -0.1) is 6.58 Å².